The van der Waals surface area contributed by atoms with Crippen molar-refractivity contribution in [1.29, 1.82) is 0 Å². The van der Waals surface area contributed by atoms with Crippen LogP contribution in [0.4, 0.5) is 5.69 Å². The van der Waals surface area contributed by atoms with Crippen molar-refractivity contribution in [2.75, 3.05) is 19.0 Å². The molecule has 0 aliphatic rings. The fourth-order valence-corrected chi connectivity index (χ4v) is 3.38. The summed E-state index contributed by atoms with van der Waals surface area (Å²) in [6.45, 7) is 9.63. The molecule has 168 valence electrons. The van der Waals surface area contributed by atoms with Crippen molar-refractivity contribution in [2.24, 2.45) is 0 Å². The lowest BCUT2D eigenvalue weighted by Crippen LogP contribution is -2.24. The average Bonchev–Trinajstić information content (AvgIpc) is 3.20. The second-order valence-corrected chi connectivity index (χ2v) is 8.39. The van der Waals surface area contributed by atoms with Gasteiger partial charge >= 0.3 is 5.97 Å². The van der Waals surface area contributed by atoms with Gasteiger partial charge in [-0.3, -0.25) is 9.48 Å². The second kappa shape index (κ2) is 9.26. The molecule has 1 amide bonds. The van der Waals surface area contributed by atoms with Gasteiger partial charge in [-0.2, -0.15) is 5.10 Å². The molecule has 1 aromatic heterocycles. The van der Waals surface area contributed by atoms with E-state index >= 15 is 0 Å². The van der Waals surface area contributed by atoms with Crippen molar-refractivity contribution >= 4 is 17.6 Å². The molecule has 1 N–H and O–H groups in total. The zero-order valence-electron chi connectivity index (χ0n) is 19.4. The highest BCUT2D eigenvalue weighted by Gasteiger charge is 2.22. The predicted molar refractivity (Wildman–Crippen MR) is 125 cm³/mol. The van der Waals surface area contributed by atoms with Crippen LogP contribution in [-0.2, 0) is 15.1 Å². The summed E-state index contributed by atoms with van der Waals surface area (Å²) in [6, 6.07) is 15.0. The summed E-state index contributed by atoms with van der Waals surface area (Å²) in [7, 11) is 1.64. The van der Waals surface area contributed by atoms with Gasteiger partial charge in [-0.25, -0.2) is 4.79 Å². The molecule has 0 unspecified atom stereocenters. The zero-order valence-corrected chi connectivity index (χ0v) is 19.4. The number of carbonyl (C=O) groups excluding carboxylic acids is 2. The monoisotopic (exact) mass is 435 g/mol. The van der Waals surface area contributed by atoms with Gasteiger partial charge in [0.25, 0.3) is 0 Å². The molecular formula is C25H29N3O4. The van der Waals surface area contributed by atoms with E-state index in [1.54, 1.807) is 26.2 Å². The van der Waals surface area contributed by atoms with Crippen LogP contribution in [-0.4, -0.2) is 35.4 Å². The Labute approximate surface area is 188 Å². The number of hydrogen-bond acceptors (Lipinski definition) is 5. The molecule has 7 nitrogen and oxygen atoms in total. The predicted octanol–water partition coefficient (Wildman–Crippen LogP) is 5.12. The van der Waals surface area contributed by atoms with Gasteiger partial charge in [-0.15, -0.1) is 0 Å². The van der Waals surface area contributed by atoms with Crippen LogP contribution >= 0.6 is 0 Å². The van der Waals surface area contributed by atoms with Crippen molar-refractivity contribution in [1.82, 2.24) is 9.78 Å². The quantitative estimate of drug-likeness (QED) is 0.544. The Morgan fingerprint density at radius 2 is 1.69 bits per heavy atom. The molecule has 3 aromatic rings. The minimum Gasteiger partial charge on any atom is -0.497 e. The van der Waals surface area contributed by atoms with Crippen molar-refractivity contribution in [3.63, 3.8) is 0 Å². The van der Waals surface area contributed by atoms with Gasteiger partial charge in [0, 0.05) is 18.1 Å². The summed E-state index contributed by atoms with van der Waals surface area (Å²) < 4.78 is 12.4. The summed E-state index contributed by atoms with van der Waals surface area (Å²) in [5, 5.41) is 7.55. The van der Waals surface area contributed by atoms with Crippen LogP contribution in [0.15, 0.2) is 48.5 Å². The van der Waals surface area contributed by atoms with Crippen LogP contribution in [0.25, 0.3) is 22.5 Å². The van der Waals surface area contributed by atoms with E-state index in [0.29, 0.717) is 11.4 Å². The lowest BCUT2D eigenvalue weighted by Gasteiger charge is -2.22. The maximum Gasteiger partial charge on any atom is 0.340 e. The Morgan fingerprint density at radius 1 is 1.03 bits per heavy atom. The van der Waals surface area contributed by atoms with Gasteiger partial charge in [-0.1, -0.05) is 6.07 Å². The largest absolute Gasteiger partial charge is 0.497 e. The smallest absolute Gasteiger partial charge is 0.340 e. The summed E-state index contributed by atoms with van der Waals surface area (Å²) in [5.41, 5.74) is 3.83. The van der Waals surface area contributed by atoms with Gasteiger partial charge in [-0.05, 0) is 70.2 Å². The molecule has 32 heavy (non-hydrogen) atoms. The Balaban J connectivity index is 2.12. The van der Waals surface area contributed by atoms with Crippen LogP contribution in [0, 0.1) is 0 Å². The van der Waals surface area contributed by atoms with Crippen LogP contribution < -0.4 is 10.1 Å². The van der Waals surface area contributed by atoms with Crippen LogP contribution in [0.2, 0.25) is 0 Å². The van der Waals surface area contributed by atoms with E-state index in [9.17, 15) is 9.59 Å². The lowest BCUT2D eigenvalue weighted by atomic mass is 10.0. The third-order valence-electron chi connectivity index (χ3n) is 4.85. The highest BCUT2D eigenvalue weighted by molar-refractivity contribution is 6.01. The third kappa shape index (κ3) is 4.99. The number of aromatic nitrogens is 2. The number of ether oxygens (including phenoxy) is 2. The van der Waals surface area contributed by atoms with Gasteiger partial charge in [0.05, 0.1) is 41.9 Å². The minimum atomic E-state index is -0.497. The Bertz CT molecular complexity index is 1130. The summed E-state index contributed by atoms with van der Waals surface area (Å²) >= 11 is 0. The molecule has 0 atom stereocenters. The Kier molecular flexibility index (Phi) is 6.67. The van der Waals surface area contributed by atoms with E-state index < -0.39 is 5.97 Å². The summed E-state index contributed by atoms with van der Waals surface area (Å²) in [6.07, 6.45) is 0. The lowest BCUT2D eigenvalue weighted by molar-refractivity contribution is -0.114. The molecule has 2 aromatic carbocycles. The molecule has 0 fully saturated rings. The topological polar surface area (TPSA) is 82.4 Å². The third-order valence-corrected chi connectivity index (χ3v) is 4.85. The average molecular weight is 436 g/mol. The van der Waals surface area contributed by atoms with E-state index in [2.05, 4.69) is 26.1 Å². The van der Waals surface area contributed by atoms with Crippen LogP contribution in [0.1, 0.15) is 45.0 Å². The molecule has 0 bridgehead atoms. The summed E-state index contributed by atoms with van der Waals surface area (Å²) in [4.78, 5) is 24.1. The van der Waals surface area contributed by atoms with Crippen molar-refractivity contribution in [2.45, 2.75) is 40.2 Å². The van der Waals surface area contributed by atoms with E-state index in [1.807, 2.05) is 41.1 Å². The van der Waals surface area contributed by atoms with Crippen molar-refractivity contribution < 1.29 is 19.1 Å². The highest BCUT2D eigenvalue weighted by atomic mass is 16.5. The normalized spacial score (nSPS) is 11.2. The first-order valence-corrected chi connectivity index (χ1v) is 10.5. The Hall–Kier alpha value is -3.61. The van der Waals surface area contributed by atoms with Crippen molar-refractivity contribution in [3.8, 4) is 28.3 Å². The number of methoxy groups -OCH3 is 1. The number of esters is 1. The maximum atomic E-state index is 12.5. The molecule has 0 aliphatic carbocycles. The first-order chi connectivity index (χ1) is 15.1. The fraction of sp³-hybridized carbons (Fsp3) is 0.320. The first-order valence-electron chi connectivity index (χ1n) is 10.5. The molecule has 0 aliphatic heterocycles. The number of anilines is 1. The number of nitrogens with one attached hydrogen (secondary N) is 1. The van der Waals surface area contributed by atoms with E-state index in [-0.39, 0.29) is 23.6 Å². The molecule has 0 spiro atoms. The number of benzene rings is 2. The maximum absolute atomic E-state index is 12.5. The Morgan fingerprint density at radius 3 is 2.25 bits per heavy atom. The highest BCUT2D eigenvalue weighted by Crippen LogP contribution is 2.33. The van der Waals surface area contributed by atoms with Crippen LogP contribution in [0.5, 0.6) is 5.75 Å². The first kappa shape index (κ1) is 23.1. The molecule has 0 saturated carbocycles. The van der Waals surface area contributed by atoms with Gasteiger partial charge < -0.3 is 14.8 Å². The SMILES string of the molecule is CCOC(=O)c1cc(-c2cc(-c3ccc(OC)cc3)n(C(C)(C)C)n2)ccc1NC(C)=O. The number of amides is 1. The molecule has 0 radical (unpaired) electrons. The standard InChI is InChI=1S/C25H29N3O4/c1-7-32-24(30)20-14-18(10-13-21(20)26-16(2)29)22-15-23(28(27-22)25(3,4)5)17-8-11-19(31-6)12-9-17/h8-15H,7H2,1-6H3,(H,26,29). The van der Waals surface area contributed by atoms with E-state index in [4.69, 9.17) is 14.6 Å². The molecular weight excluding hydrogens is 406 g/mol. The van der Waals surface area contributed by atoms with Gasteiger partial charge in [0.2, 0.25) is 5.91 Å². The molecule has 7 heteroatoms. The molecule has 0 saturated heterocycles. The second-order valence-electron chi connectivity index (χ2n) is 8.39. The van der Waals surface area contributed by atoms with Crippen molar-refractivity contribution in [3.05, 3.63) is 54.1 Å². The summed E-state index contributed by atoms with van der Waals surface area (Å²) in [5.74, 6) is 0.0225. The van der Waals surface area contributed by atoms with Crippen LogP contribution in [0.3, 0.4) is 0 Å². The number of rotatable bonds is 6. The van der Waals surface area contributed by atoms with E-state index in [1.165, 1.54) is 6.92 Å². The minimum absolute atomic E-state index is 0.239. The molecule has 3 rings (SSSR count). The fourth-order valence-electron chi connectivity index (χ4n) is 3.38. The van der Waals surface area contributed by atoms with Gasteiger partial charge in [0.1, 0.15) is 5.75 Å². The van der Waals surface area contributed by atoms with E-state index in [0.717, 1.165) is 22.6 Å². The molecule has 1 heterocycles. The number of nitrogens with zero attached hydrogens (tertiary/aromatic N) is 2. The number of hydrogen-bond donors (Lipinski definition) is 1. The van der Waals surface area contributed by atoms with Gasteiger partial charge in [0.15, 0.2) is 0 Å². The zero-order chi connectivity index (χ0) is 23.5. The number of carbonyl (C=O) groups is 2.